The zero-order valence-corrected chi connectivity index (χ0v) is 19.4. The van der Waals surface area contributed by atoms with Crippen LogP contribution < -0.4 is 15.9 Å². The maximum Gasteiger partial charge on any atom is 0.134 e. The molecule has 0 radical (unpaired) electrons. The first-order valence-corrected chi connectivity index (χ1v) is 11.8. The molecule has 1 N–H and O–H groups in total. The van der Waals surface area contributed by atoms with Crippen molar-refractivity contribution in [2.75, 3.05) is 0 Å². The summed E-state index contributed by atoms with van der Waals surface area (Å²) in [7, 11) is -3.06. The largest absolute Gasteiger partial charge is 0.748 e. The number of hydrogen-bond donors (Lipinski definition) is 1. The summed E-state index contributed by atoms with van der Waals surface area (Å²) in [4.78, 5) is 0. The number of phenols is 1. The smallest absolute Gasteiger partial charge is 0.134 e. The summed E-state index contributed by atoms with van der Waals surface area (Å²) in [5.74, 6) is 0.188. The summed E-state index contributed by atoms with van der Waals surface area (Å²) in [5, 5.41) is 12.6. The quantitative estimate of drug-likeness (QED) is 0.201. The van der Waals surface area contributed by atoms with Crippen LogP contribution in [0.4, 0.5) is 0 Å². The average Bonchev–Trinajstić information content (AvgIpc) is 3.56. The molecule has 0 unspecified atom stereocenters. The van der Waals surface area contributed by atoms with Crippen molar-refractivity contribution in [3.63, 3.8) is 0 Å². The van der Waals surface area contributed by atoms with Crippen molar-refractivity contribution in [3.8, 4) is 16.9 Å². The summed E-state index contributed by atoms with van der Waals surface area (Å²) in [6.45, 7) is 0. The molecule has 166 valence electrons. The van der Waals surface area contributed by atoms with Crippen LogP contribution >= 0.6 is 7.14 Å². The molecule has 0 bridgehead atoms. The van der Waals surface area contributed by atoms with E-state index in [0.29, 0.717) is 5.56 Å². The van der Waals surface area contributed by atoms with Gasteiger partial charge in [0.1, 0.15) is 7.14 Å². The van der Waals surface area contributed by atoms with Crippen molar-refractivity contribution in [2.45, 2.75) is 0 Å². The molecule has 0 heterocycles. The van der Waals surface area contributed by atoms with Crippen LogP contribution in [0.2, 0.25) is 0 Å². The van der Waals surface area contributed by atoms with E-state index in [1.54, 1.807) is 12.1 Å². The van der Waals surface area contributed by atoms with E-state index in [9.17, 15) is 9.67 Å². The number of phenolic OH excluding ortho intramolecular Hbond substituents is 1. The molecule has 5 aromatic carbocycles. The van der Waals surface area contributed by atoms with E-state index in [1.807, 2.05) is 121 Å². The van der Waals surface area contributed by atoms with Crippen LogP contribution in [0.5, 0.6) is 5.75 Å². The summed E-state index contributed by atoms with van der Waals surface area (Å²) in [6.07, 6.45) is 0. The molecule has 0 aliphatic rings. The third kappa shape index (κ3) is 4.87. The van der Waals surface area contributed by atoms with Gasteiger partial charge >= 0.3 is 0 Å². The standard InChI is InChI=1S/C23H18O2P.C5H5.Fe/c24-22-16-8-7-14-20(22)21-15-9-17-23(21)26(25,18-10-3-1-4-11-18)19-12-5-2-6-13-19;1-2-4-5-3-1;/h1-17,24H;1-5H;/q-1;-5;. The minimum absolute atomic E-state index is 0. The predicted octanol–water partition coefficient (Wildman–Crippen LogP) is 5.82. The van der Waals surface area contributed by atoms with E-state index in [2.05, 4.69) is 0 Å². The topological polar surface area (TPSA) is 37.3 Å². The van der Waals surface area contributed by atoms with E-state index < -0.39 is 7.14 Å². The van der Waals surface area contributed by atoms with Crippen LogP contribution in [-0.4, -0.2) is 5.11 Å². The van der Waals surface area contributed by atoms with Crippen LogP contribution in [0.15, 0.2) is 133 Å². The van der Waals surface area contributed by atoms with Gasteiger partial charge in [0.05, 0.1) is 5.75 Å². The minimum atomic E-state index is -3.06. The van der Waals surface area contributed by atoms with Gasteiger partial charge in [-0.3, -0.25) is 0 Å². The first-order valence-electron chi connectivity index (χ1n) is 10.1. The fourth-order valence-corrected chi connectivity index (χ4v) is 6.51. The second-order valence-electron chi connectivity index (χ2n) is 7.08. The summed E-state index contributed by atoms with van der Waals surface area (Å²) in [6, 6.07) is 42.0. The van der Waals surface area contributed by atoms with Crippen LogP contribution in [0.3, 0.4) is 0 Å². The van der Waals surface area contributed by atoms with Crippen molar-refractivity contribution in [3.05, 3.63) is 133 Å². The van der Waals surface area contributed by atoms with Crippen molar-refractivity contribution in [2.24, 2.45) is 0 Å². The van der Waals surface area contributed by atoms with E-state index in [4.69, 9.17) is 0 Å². The van der Waals surface area contributed by atoms with Gasteiger partial charge in [0, 0.05) is 27.7 Å². The molecule has 32 heavy (non-hydrogen) atoms. The maximum atomic E-state index is 14.5. The van der Waals surface area contributed by atoms with Gasteiger partial charge in [0.25, 0.3) is 0 Å². The van der Waals surface area contributed by atoms with Crippen molar-refractivity contribution in [1.29, 1.82) is 0 Å². The minimum Gasteiger partial charge on any atom is -0.748 e. The van der Waals surface area contributed by atoms with Gasteiger partial charge in [-0.15, -0.1) is 11.6 Å². The Morgan fingerprint density at radius 2 is 1.09 bits per heavy atom. The Kier molecular flexibility index (Phi) is 8.08. The Morgan fingerprint density at radius 3 is 1.59 bits per heavy atom. The third-order valence-corrected chi connectivity index (χ3v) is 8.24. The van der Waals surface area contributed by atoms with Gasteiger partial charge < -0.3 is 40.0 Å². The molecule has 0 fully saturated rings. The summed E-state index contributed by atoms with van der Waals surface area (Å²) >= 11 is 0. The summed E-state index contributed by atoms with van der Waals surface area (Å²) < 4.78 is 14.5. The maximum absolute atomic E-state index is 14.5. The Morgan fingerprint density at radius 1 is 0.625 bits per heavy atom. The normalized spacial score (nSPS) is 10.5. The van der Waals surface area contributed by atoms with Crippen LogP contribution in [0, 0.1) is 0 Å². The van der Waals surface area contributed by atoms with E-state index in [-0.39, 0.29) is 22.8 Å². The number of hydrogen-bond acceptors (Lipinski definition) is 2. The molecule has 4 heteroatoms. The molecule has 0 aliphatic heterocycles. The monoisotopic (exact) mass is 478 g/mol. The van der Waals surface area contributed by atoms with E-state index >= 15 is 0 Å². The second-order valence-corrected chi connectivity index (χ2v) is 9.82. The van der Waals surface area contributed by atoms with Gasteiger partial charge in [-0.05, 0) is 6.07 Å². The van der Waals surface area contributed by atoms with E-state index in [0.717, 1.165) is 21.5 Å². The Labute approximate surface area is 199 Å². The first kappa shape index (κ1) is 23.6. The predicted molar refractivity (Wildman–Crippen MR) is 131 cm³/mol. The fourth-order valence-electron chi connectivity index (χ4n) is 3.64. The van der Waals surface area contributed by atoms with Crippen LogP contribution in [-0.2, 0) is 21.6 Å². The molecular formula is C28H23FeO2P-6. The van der Waals surface area contributed by atoms with Crippen molar-refractivity contribution in [1.82, 2.24) is 0 Å². The molecule has 5 rings (SSSR count). The van der Waals surface area contributed by atoms with Crippen molar-refractivity contribution < 1.29 is 26.7 Å². The van der Waals surface area contributed by atoms with E-state index in [1.165, 1.54) is 0 Å². The molecule has 0 amide bonds. The Bertz CT molecular complexity index is 1200. The van der Waals surface area contributed by atoms with Gasteiger partial charge in [-0.2, -0.15) is 12.1 Å². The number of para-hydroxylation sites is 1. The SMILES string of the molecule is O=P(c1ccccc1)(c1ccccc1)[c-]1cccc1-c1ccccc1O.[Fe].[cH-]1[cH-][cH-][cH-][cH-]1. The molecule has 0 saturated heterocycles. The van der Waals surface area contributed by atoms with Gasteiger partial charge in [-0.25, -0.2) is 0 Å². The zero-order chi connectivity index (χ0) is 21.5. The average molecular weight is 478 g/mol. The molecule has 0 spiro atoms. The molecule has 0 saturated carbocycles. The van der Waals surface area contributed by atoms with Gasteiger partial charge in [0.2, 0.25) is 0 Å². The Hall–Kier alpha value is -3.09. The molecule has 2 nitrogen and oxygen atoms in total. The van der Waals surface area contributed by atoms with Gasteiger partial charge in [0.15, 0.2) is 0 Å². The van der Waals surface area contributed by atoms with Gasteiger partial charge in [-0.1, -0.05) is 89.7 Å². The number of rotatable bonds is 4. The fraction of sp³-hybridized carbons (Fsp3) is 0. The molecule has 0 atom stereocenters. The molecule has 5 aromatic rings. The zero-order valence-electron chi connectivity index (χ0n) is 17.4. The molecular weight excluding hydrogens is 455 g/mol. The second kappa shape index (κ2) is 11.0. The number of benzene rings is 3. The first-order chi connectivity index (χ1) is 15.2. The summed E-state index contributed by atoms with van der Waals surface area (Å²) in [5.41, 5.74) is 1.50. The van der Waals surface area contributed by atoms with Crippen LogP contribution in [0.25, 0.3) is 11.1 Å². The van der Waals surface area contributed by atoms with Crippen LogP contribution in [0.1, 0.15) is 0 Å². The number of aromatic hydroxyl groups is 1. The molecule has 0 aromatic heterocycles. The van der Waals surface area contributed by atoms with Crippen molar-refractivity contribution >= 4 is 23.1 Å². The third-order valence-electron chi connectivity index (χ3n) is 5.12. The molecule has 0 aliphatic carbocycles. The Balaban J connectivity index is 0.000000427.